The highest BCUT2D eigenvalue weighted by molar-refractivity contribution is 9.09. The van der Waals surface area contributed by atoms with E-state index in [1.54, 1.807) is 7.11 Å². The minimum absolute atomic E-state index is 0.540. The first kappa shape index (κ1) is 12.9. The summed E-state index contributed by atoms with van der Waals surface area (Å²) in [6.07, 6.45) is 2.35. The summed E-state index contributed by atoms with van der Waals surface area (Å²) in [6.45, 7) is 2.20. The van der Waals surface area contributed by atoms with Gasteiger partial charge in [0.15, 0.2) is 0 Å². The lowest BCUT2D eigenvalue weighted by Crippen LogP contribution is -2.00. The molecule has 0 aliphatic rings. The lowest BCUT2D eigenvalue weighted by Gasteiger charge is -2.14. The van der Waals surface area contributed by atoms with E-state index in [1.807, 2.05) is 12.1 Å². The third-order valence-corrected chi connectivity index (χ3v) is 3.55. The maximum absolute atomic E-state index is 6.09. The molecule has 0 amide bonds. The van der Waals surface area contributed by atoms with Crippen molar-refractivity contribution in [3.63, 3.8) is 0 Å². The Morgan fingerprint density at radius 1 is 1.47 bits per heavy atom. The van der Waals surface area contributed by atoms with Gasteiger partial charge in [-0.15, -0.1) is 0 Å². The van der Waals surface area contributed by atoms with Crippen LogP contribution >= 0.6 is 27.5 Å². The van der Waals surface area contributed by atoms with Crippen molar-refractivity contribution in [3.8, 4) is 5.75 Å². The van der Waals surface area contributed by atoms with Gasteiger partial charge in [-0.3, -0.25) is 0 Å². The van der Waals surface area contributed by atoms with Gasteiger partial charge in [0, 0.05) is 5.33 Å². The van der Waals surface area contributed by atoms with E-state index in [2.05, 4.69) is 28.9 Å². The lowest BCUT2D eigenvalue weighted by molar-refractivity contribution is 0.414. The van der Waals surface area contributed by atoms with Gasteiger partial charge in [0.25, 0.3) is 0 Å². The highest BCUT2D eigenvalue weighted by Crippen LogP contribution is 2.31. The van der Waals surface area contributed by atoms with Crippen molar-refractivity contribution in [3.05, 3.63) is 28.8 Å². The average Bonchev–Trinajstić information content (AvgIpc) is 2.25. The van der Waals surface area contributed by atoms with Crippen LogP contribution in [0.15, 0.2) is 18.2 Å². The van der Waals surface area contributed by atoms with Crippen molar-refractivity contribution in [1.29, 1.82) is 0 Å². The van der Waals surface area contributed by atoms with Crippen LogP contribution in [-0.4, -0.2) is 12.4 Å². The van der Waals surface area contributed by atoms with E-state index in [0.29, 0.717) is 10.9 Å². The van der Waals surface area contributed by atoms with Crippen LogP contribution in [0.4, 0.5) is 0 Å². The van der Waals surface area contributed by atoms with Gasteiger partial charge in [0.2, 0.25) is 0 Å². The summed E-state index contributed by atoms with van der Waals surface area (Å²) in [7, 11) is 1.63. The van der Waals surface area contributed by atoms with Gasteiger partial charge in [0.1, 0.15) is 5.75 Å². The second-order valence-electron chi connectivity index (χ2n) is 3.53. The number of ether oxygens (including phenoxy) is 1. The molecule has 1 unspecified atom stereocenters. The summed E-state index contributed by atoms with van der Waals surface area (Å²) in [4.78, 5) is 0. The van der Waals surface area contributed by atoms with Crippen molar-refractivity contribution < 1.29 is 4.74 Å². The fraction of sp³-hybridized carbons (Fsp3) is 0.500. The monoisotopic (exact) mass is 290 g/mol. The Labute approximate surface area is 105 Å². The Morgan fingerprint density at radius 2 is 2.20 bits per heavy atom. The van der Waals surface area contributed by atoms with Crippen molar-refractivity contribution in [2.24, 2.45) is 0 Å². The van der Waals surface area contributed by atoms with E-state index in [-0.39, 0.29) is 0 Å². The molecular weight excluding hydrogens is 275 g/mol. The molecule has 0 aliphatic heterocycles. The molecule has 0 N–H and O–H groups in total. The second kappa shape index (κ2) is 6.39. The van der Waals surface area contributed by atoms with Crippen molar-refractivity contribution in [2.45, 2.75) is 25.7 Å². The first-order chi connectivity index (χ1) is 7.22. The molecular formula is C12H16BrClO. The van der Waals surface area contributed by atoms with E-state index in [9.17, 15) is 0 Å². The summed E-state index contributed by atoms with van der Waals surface area (Å²) >= 11 is 9.63. The van der Waals surface area contributed by atoms with Gasteiger partial charge in [0.05, 0.1) is 12.1 Å². The third-order valence-electron chi connectivity index (χ3n) is 2.47. The molecule has 1 aromatic carbocycles. The molecule has 1 atom stereocenters. The molecule has 1 rings (SSSR count). The molecule has 0 aliphatic carbocycles. The predicted octanol–water partition coefficient (Wildman–Crippen LogP) is 4.63. The van der Waals surface area contributed by atoms with Crippen LogP contribution in [0.25, 0.3) is 0 Å². The maximum Gasteiger partial charge on any atom is 0.137 e. The van der Waals surface area contributed by atoms with Gasteiger partial charge >= 0.3 is 0 Å². The summed E-state index contributed by atoms with van der Waals surface area (Å²) < 4.78 is 5.13. The van der Waals surface area contributed by atoms with Crippen LogP contribution in [0, 0.1) is 0 Å². The lowest BCUT2D eigenvalue weighted by atomic mass is 9.96. The first-order valence-corrected chi connectivity index (χ1v) is 6.62. The van der Waals surface area contributed by atoms with Crippen LogP contribution in [0.1, 0.15) is 31.2 Å². The van der Waals surface area contributed by atoms with Gasteiger partial charge in [-0.05, 0) is 30.0 Å². The number of alkyl halides is 1. The number of hydrogen-bond acceptors (Lipinski definition) is 1. The topological polar surface area (TPSA) is 9.23 Å². The fourth-order valence-electron chi connectivity index (χ4n) is 1.62. The zero-order valence-corrected chi connectivity index (χ0v) is 11.4. The zero-order chi connectivity index (χ0) is 11.3. The molecule has 0 bridgehead atoms. The van der Waals surface area contributed by atoms with E-state index >= 15 is 0 Å². The standard InChI is InChI=1S/C12H16BrClO/c1-3-4-10(8-13)9-5-6-12(15-2)11(14)7-9/h5-7,10H,3-4,8H2,1-2H3. The Morgan fingerprint density at radius 3 is 2.67 bits per heavy atom. The minimum Gasteiger partial charge on any atom is -0.495 e. The van der Waals surface area contributed by atoms with E-state index < -0.39 is 0 Å². The summed E-state index contributed by atoms with van der Waals surface area (Å²) in [5.41, 5.74) is 1.28. The Balaban J connectivity index is 2.89. The molecule has 3 heteroatoms. The van der Waals surface area contributed by atoms with E-state index in [4.69, 9.17) is 16.3 Å². The molecule has 0 heterocycles. The number of benzene rings is 1. The Kier molecular flexibility index (Phi) is 5.48. The number of rotatable bonds is 5. The van der Waals surface area contributed by atoms with Crippen LogP contribution in [0.2, 0.25) is 5.02 Å². The smallest absolute Gasteiger partial charge is 0.137 e. The SMILES string of the molecule is CCCC(CBr)c1ccc(OC)c(Cl)c1. The van der Waals surface area contributed by atoms with Gasteiger partial charge in [-0.25, -0.2) is 0 Å². The molecule has 0 spiro atoms. The van der Waals surface area contributed by atoms with Crippen molar-refractivity contribution in [1.82, 2.24) is 0 Å². The molecule has 15 heavy (non-hydrogen) atoms. The normalized spacial score (nSPS) is 12.5. The van der Waals surface area contributed by atoms with Crippen LogP contribution < -0.4 is 4.74 Å². The molecule has 1 nitrogen and oxygen atoms in total. The first-order valence-electron chi connectivity index (χ1n) is 5.12. The van der Waals surface area contributed by atoms with Crippen LogP contribution in [-0.2, 0) is 0 Å². The Bertz CT molecular complexity index is 314. The zero-order valence-electron chi connectivity index (χ0n) is 9.09. The largest absolute Gasteiger partial charge is 0.495 e. The summed E-state index contributed by atoms with van der Waals surface area (Å²) in [5.74, 6) is 1.28. The average molecular weight is 292 g/mol. The molecule has 0 fully saturated rings. The Hall–Kier alpha value is -0.210. The number of methoxy groups -OCH3 is 1. The summed E-state index contributed by atoms with van der Waals surface area (Å²) in [5, 5.41) is 1.67. The van der Waals surface area contributed by atoms with Gasteiger partial charge < -0.3 is 4.74 Å². The molecule has 1 aromatic rings. The molecule has 0 radical (unpaired) electrons. The van der Waals surface area contributed by atoms with Crippen molar-refractivity contribution >= 4 is 27.5 Å². The maximum atomic E-state index is 6.09. The minimum atomic E-state index is 0.540. The second-order valence-corrected chi connectivity index (χ2v) is 4.59. The fourth-order valence-corrected chi connectivity index (χ4v) is 2.58. The van der Waals surface area contributed by atoms with Crippen LogP contribution in [0.5, 0.6) is 5.75 Å². The highest BCUT2D eigenvalue weighted by atomic mass is 79.9. The van der Waals surface area contributed by atoms with Gasteiger partial charge in [-0.1, -0.05) is 46.9 Å². The molecule has 0 aromatic heterocycles. The molecule has 0 saturated carbocycles. The third kappa shape index (κ3) is 3.39. The van der Waals surface area contributed by atoms with Crippen LogP contribution in [0.3, 0.4) is 0 Å². The van der Waals surface area contributed by atoms with Gasteiger partial charge in [-0.2, -0.15) is 0 Å². The summed E-state index contributed by atoms with van der Waals surface area (Å²) in [6, 6.07) is 6.03. The van der Waals surface area contributed by atoms with E-state index in [1.165, 1.54) is 18.4 Å². The number of halogens is 2. The predicted molar refractivity (Wildman–Crippen MR) is 69.4 cm³/mol. The quantitative estimate of drug-likeness (QED) is 0.719. The highest BCUT2D eigenvalue weighted by Gasteiger charge is 2.11. The molecule has 0 saturated heterocycles. The van der Waals surface area contributed by atoms with Crippen molar-refractivity contribution in [2.75, 3.05) is 12.4 Å². The number of hydrogen-bond donors (Lipinski definition) is 0. The van der Waals surface area contributed by atoms with E-state index in [0.717, 1.165) is 11.1 Å². The molecule has 84 valence electrons.